The molecule has 0 saturated heterocycles. The molecule has 0 aromatic rings. The number of hydrogen-bond donors (Lipinski definition) is 0. The van der Waals surface area contributed by atoms with Crippen molar-refractivity contribution in [2.45, 2.75) is 71.6 Å². The van der Waals surface area contributed by atoms with Crippen LogP contribution in [0.1, 0.15) is 41.0 Å². The van der Waals surface area contributed by atoms with E-state index >= 15 is 0 Å². The maximum absolute atomic E-state index is 11.7. The van der Waals surface area contributed by atoms with Crippen LogP contribution in [-0.4, -0.2) is 60.4 Å². The molecule has 166 valence electrons. The quantitative estimate of drug-likeness (QED) is 0.300. The zero-order chi connectivity index (χ0) is 22.8. The molecule has 0 bridgehead atoms. The van der Waals surface area contributed by atoms with E-state index in [4.69, 9.17) is 23.7 Å². The number of cyclic esters (lactones) is 1. The summed E-state index contributed by atoms with van der Waals surface area (Å²) in [4.78, 5) is 57.8. The van der Waals surface area contributed by atoms with Gasteiger partial charge in [0, 0.05) is 40.2 Å². The van der Waals surface area contributed by atoms with Crippen LogP contribution in [0.3, 0.4) is 0 Å². The SMILES string of the molecule is CC(=O)O[C@H]([C@@H](OC(C)=O)[C@H](/C=C/[C@@H]1CC=CC(=O)O1)OC(C)=O)[C@H](C)OC(C)=O. The highest BCUT2D eigenvalue weighted by Crippen LogP contribution is 2.21. The number of hydrogen-bond acceptors (Lipinski definition) is 10. The fraction of sp³-hybridized carbons (Fsp3) is 0.550. The first-order valence-corrected chi connectivity index (χ1v) is 9.24. The molecular weight excluding hydrogens is 400 g/mol. The van der Waals surface area contributed by atoms with E-state index in [1.807, 2.05) is 0 Å². The summed E-state index contributed by atoms with van der Waals surface area (Å²) < 4.78 is 26.0. The van der Waals surface area contributed by atoms with Crippen molar-refractivity contribution >= 4 is 29.8 Å². The third-order valence-corrected chi connectivity index (χ3v) is 3.77. The molecule has 0 spiro atoms. The van der Waals surface area contributed by atoms with Crippen molar-refractivity contribution in [2.75, 3.05) is 0 Å². The zero-order valence-corrected chi connectivity index (χ0v) is 17.5. The minimum absolute atomic E-state index is 0.393. The van der Waals surface area contributed by atoms with Gasteiger partial charge < -0.3 is 23.7 Å². The second-order valence-electron chi connectivity index (χ2n) is 6.54. The monoisotopic (exact) mass is 426 g/mol. The van der Waals surface area contributed by atoms with E-state index in [0.29, 0.717) is 6.42 Å². The highest BCUT2D eigenvalue weighted by Gasteiger charge is 2.40. The average Bonchev–Trinajstić information content (AvgIpc) is 2.60. The van der Waals surface area contributed by atoms with Gasteiger partial charge in [-0.3, -0.25) is 19.2 Å². The summed E-state index contributed by atoms with van der Waals surface area (Å²) in [6.45, 7) is 6.00. The number of carbonyl (C=O) groups excluding carboxylic acids is 5. The van der Waals surface area contributed by atoms with Crippen LogP contribution in [0.2, 0.25) is 0 Å². The van der Waals surface area contributed by atoms with Crippen molar-refractivity contribution in [3.05, 3.63) is 24.3 Å². The lowest BCUT2D eigenvalue weighted by Crippen LogP contribution is -2.50. The third kappa shape index (κ3) is 8.89. The summed E-state index contributed by atoms with van der Waals surface area (Å²) in [6.07, 6.45) is 0.629. The second kappa shape index (κ2) is 11.7. The van der Waals surface area contributed by atoms with Crippen molar-refractivity contribution in [2.24, 2.45) is 0 Å². The molecule has 0 unspecified atom stereocenters. The van der Waals surface area contributed by atoms with Gasteiger partial charge in [-0.05, 0) is 19.1 Å². The highest BCUT2D eigenvalue weighted by atomic mass is 16.6. The Morgan fingerprint density at radius 1 is 0.933 bits per heavy atom. The van der Waals surface area contributed by atoms with E-state index in [2.05, 4.69) is 0 Å². The number of esters is 5. The van der Waals surface area contributed by atoms with Gasteiger partial charge in [0.25, 0.3) is 0 Å². The smallest absolute Gasteiger partial charge is 0.331 e. The predicted octanol–water partition coefficient (Wildman–Crippen LogP) is 1.16. The molecule has 10 heteroatoms. The Hall–Kier alpha value is -3.17. The minimum Gasteiger partial charge on any atom is -0.459 e. The first-order valence-electron chi connectivity index (χ1n) is 9.24. The Bertz CT molecular complexity index is 723. The number of ether oxygens (including phenoxy) is 5. The predicted molar refractivity (Wildman–Crippen MR) is 101 cm³/mol. The lowest BCUT2D eigenvalue weighted by Gasteiger charge is -2.33. The van der Waals surface area contributed by atoms with Crippen LogP contribution in [0.25, 0.3) is 0 Å². The van der Waals surface area contributed by atoms with Crippen molar-refractivity contribution in [3.63, 3.8) is 0 Å². The molecule has 0 aliphatic carbocycles. The molecule has 1 rings (SSSR count). The van der Waals surface area contributed by atoms with Gasteiger partial charge in [0.05, 0.1) is 0 Å². The standard InChI is InChI=1S/C20H26O10/c1-11(26-12(2)21)19(28-14(4)23)20(29-15(5)24)17(27-13(3)22)10-9-16-7-6-8-18(25)30-16/h6,8-11,16-17,19-20H,7H2,1-5H3/b10-9+/t11-,16-,17-,19-,20-/m0/s1. The van der Waals surface area contributed by atoms with Gasteiger partial charge in [-0.15, -0.1) is 0 Å². The average molecular weight is 426 g/mol. The van der Waals surface area contributed by atoms with Gasteiger partial charge in [0.15, 0.2) is 18.3 Å². The molecule has 0 saturated carbocycles. The molecule has 30 heavy (non-hydrogen) atoms. The van der Waals surface area contributed by atoms with E-state index < -0.39 is 60.4 Å². The Labute approximate surface area is 174 Å². The van der Waals surface area contributed by atoms with Crippen LogP contribution in [-0.2, 0) is 47.7 Å². The molecule has 1 heterocycles. The summed E-state index contributed by atoms with van der Waals surface area (Å²) in [5.41, 5.74) is 0. The lowest BCUT2D eigenvalue weighted by atomic mass is 10.0. The van der Waals surface area contributed by atoms with E-state index in [-0.39, 0.29) is 0 Å². The molecule has 10 nitrogen and oxygen atoms in total. The maximum atomic E-state index is 11.7. The Balaban J connectivity index is 3.26. The molecule has 0 aromatic carbocycles. The summed E-state index contributed by atoms with van der Waals surface area (Å²) in [6, 6.07) is 0. The highest BCUT2D eigenvalue weighted by molar-refractivity contribution is 5.83. The lowest BCUT2D eigenvalue weighted by molar-refractivity contribution is -0.193. The summed E-state index contributed by atoms with van der Waals surface area (Å²) in [5, 5.41) is 0. The first-order chi connectivity index (χ1) is 14.0. The second-order valence-corrected chi connectivity index (χ2v) is 6.54. The first kappa shape index (κ1) is 24.9. The van der Waals surface area contributed by atoms with Gasteiger partial charge in [0.1, 0.15) is 12.2 Å². The number of rotatable bonds is 9. The molecule has 0 N–H and O–H groups in total. The fourth-order valence-electron chi connectivity index (χ4n) is 2.76. The molecule has 1 aliphatic rings. The topological polar surface area (TPSA) is 132 Å². The van der Waals surface area contributed by atoms with Crippen LogP contribution in [0.4, 0.5) is 0 Å². The summed E-state index contributed by atoms with van der Waals surface area (Å²) in [7, 11) is 0. The molecule has 0 radical (unpaired) electrons. The molecule has 0 fully saturated rings. The van der Waals surface area contributed by atoms with Crippen LogP contribution in [0, 0.1) is 0 Å². The van der Waals surface area contributed by atoms with E-state index in [1.54, 1.807) is 6.08 Å². The molecule has 0 aromatic heterocycles. The summed E-state index contributed by atoms with van der Waals surface area (Å²) >= 11 is 0. The van der Waals surface area contributed by atoms with Crippen LogP contribution >= 0.6 is 0 Å². The van der Waals surface area contributed by atoms with Gasteiger partial charge in [-0.1, -0.05) is 6.08 Å². The van der Waals surface area contributed by atoms with Gasteiger partial charge in [-0.25, -0.2) is 4.79 Å². The molecule has 5 atom stereocenters. The largest absolute Gasteiger partial charge is 0.459 e. The Morgan fingerprint density at radius 2 is 1.47 bits per heavy atom. The zero-order valence-electron chi connectivity index (χ0n) is 17.5. The van der Waals surface area contributed by atoms with Crippen molar-refractivity contribution in [1.82, 2.24) is 0 Å². The van der Waals surface area contributed by atoms with Crippen molar-refractivity contribution in [1.29, 1.82) is 0 Å². The van der Waals surface area contributed by atoms with Gasteiger partial charge in [-0.2, -0.15) is 0 Å². The molecule has 1 aliphatic heterocycles. The Kier molecular flexibility index (Phi) is 9.73. The van der Waals surface area contributed by atoms with Crippen LogP contribution < -0.4 is 0 Å². The van der Waals surface area contributed by atoms with Crippen molar-refractivity contribution < 1.29 is 47.7 Å². The van der Waals surface area contributed by atoms with Gasteiger partial charge >= 0.3 is 29.8 Å². The minimum atomic E-state index is -1.34. The summed E-state index contributed by atoms with van der Waals surface area (Å²) in [5.74, 6) is -3.36. The van der Waals surface area contributed by atoms with Crippen LogP contribution in [0.15, 0.2) is 24.3 Å². The Morgan fingerprint density at radius 3 is 1.97 bits per heavy atom. The van der Waals surface area contributed by atoms with Crippen molar-refractivity contribution in [3.8, 4) is 0 Å². The number of carbonyl (C=O) groups is 5. The molecular formula is C20H26O10. The van der Waals surface area contributed by atoms with E-state index in [9.17, 15) is 24.0 Å². The fourth-order valence-corrected chi connectivity index (χ4v) is 2.76. The van der Waals surface area contributed by atoms with E-state index in [0.717, 1.165) is 27.7 Å². The van der Waals surface area contributed by atoms with Crippen LogP contribution in [0.5, 0.6) is 0 Å². The maximum Gasteiger partial charge on any atom is 0.331 e. The normalized spacial score (nSPS) is 19.8. The van der Waals surface area contributed by atoms with E-state index in [1.165, 1.54) is 25.2 Å². The molecule has 0 amide bonds. The third-order valence-electron chi connectivity index (χ3n) is 3.77. The van der Waals surface area contributed by atoms with Gasteiger partial charge in [0.2, 0.25) is 0 Å².